The Morgan fingerprint density at radius 2 is 1.88 bits per heavy atom. The largest absolute Gasteiger partial charge is 0.483 e. The molecule has 3 nitrogen and oxygen atoms in total. The minimum absolute atomic E-state index is 0.00953. The molecular formula is C22H20BrNO2. The van der Waals surface area contributed by atoms with Gasteiger partial charge in [-0.1, -0.05) is 54.6 Å². The normalized spacial score (nSPS) is 16.1. The average molecular weight is 410 g/mol. The molecule has 26 heavy (non-hydrogen) atoms. The molecule has 0 bridgehead atoms. The predicted molar refractivity (Wildman–Crippen MR) is 107 cm³/mol. The maximum absolute atomic E-state index is 12.4. The van der Waals surface area contributed by atoms with Gasteiger partial charge in [-0.3, -0.25) is 4.79 Å². The Kier molecular flexibility index (Phi) is 4.93. The number of hydrogen-bond donors (Lipinski definition) is 1. The summed E-state index contributed by atoms with van der Waals surface area (Å²) in [6.07, 6.45) is 3.16. The van der Waals surface area contributed by atoms with Crippen LogP contribution in [0.5, 0.6) is 5.75 Å². The van der Waals surface area contributed by atoms with Gasteiger partial charge in [0.2, 0.25) is 0 Å². The van der Waals surface area contributed by atoms with Gasteiger partial charge < -0.3 is 10.1 Å². The second-order valence-electron chi connectivity index (χ2n) is 6.60. The molecule has 0 saturated carbocycles. The molecule has 1 N–H and O–H groups in total. The molecule has 0 aliphatic heterocycles. The van der Waals surface area contributed by atoms with Crippen LogP contribution in [-0.4, -0.2) is 12.5 Å². The lowest BCUT2D eigenvalue weighted by Gasteiger charge is -2.26. The lowest BCUT2D eigenvalue weighted by Crippen LogP contribution is -2.34. The quantitative estimate of drug-likeness (QED) is 0.644. The number of fused-ring (bicyclic) bond motifs is 2. The fraction of sp³-hybridized carbons (Fsp3) is 0.227. The van der Waals surface area contributed by atoms with E-state index >= 15 is 0 Å². The Labute approximate surface area is 161 Å². The molecule has 3 aromatic carbocycles. The molecule has 1 atom stereocenters. The summed E-state index contributed by atoms with van der Waals surface area (Å²) < 4.78 is 6.66. The third kappa shape index (κ3) is 3.47. The molecular weight excluding hydrogens is 390 g/mol. The lowest BCUT2D eigenvalue weighted by molar-refractivity contribution is -0.124. The Hall–Kier alpha value is -2.33. The van der Waals surface area contributed by atoms with Gasteiger partial charge >= 0.3 is 0 Å². The van der Waals surface area contributed by atoms with Gasteiger partial charge in [0.25, 0.3) is 5.91 Å². The molecule has 1 aliphatic rings. The van der Waals surface area contributed by atoms with Gasteiger partial charge in [0.05, 0.1) is 10.5 Å². The SMILES string of the molecule is O=C(COc1ccc2ccccc2c1Br)NC1CCCc2ccccc21. The Morgan fingerprint density at radius 1 is 1.08 bits per heavy atom. The zero-order valence-corrected chi connectivity index (χ0v) is 16.0. The maximum atomic E-state index is 12.4. The highest BCUT2D eigenvalue weighted by atomic mass is 79.9. The summed E-state index contributed by atoms with van der Waals surface area (Å²) in [6, 6.07) is 20.4. The number of amides is 1. The van der Waals surface area contributed by atoms with Crippen LogP contribution in [0.2, 0.25) is 0 Å². The molecule has 3 aromatic rings. The highest BCUT2D eigenvalue weighted by molar-refractivity contribution is 9.10. The number of hydrogen-bond acceptors (Lipinski definition) is 2. The van der Waals surface area contributed by atoms with Gasteiger partial charge in [-0.25, -0.2) is 0 Å². The summed E-state index contributed by atoms with van der Waals surface area (Å²) in [5.74, 6) is 0.592. The van der Waals surface area contributed by atoms with Crippen molar-refractivity contribution in [3.05, 3.63) is 76.3 Å². The van der Waals surface area contributed by atoms with Gasteiger partial charge in [0, 0.05) is 0 Å². The number of carbonyl (C=O) groups is 1. The molecule has 0 aromatic heterocycles. The second-order valence-corrected chi connectivity index (χ2v) is 7.39. The van der Waals surface area contributed by atoms with E-state index in [0.717, 1.165) is 34.5 Å². The van der Waals surface area contributed by atoms with Crippen molar-refractivity contribution in [3.8, 4) is 5.75 Å². The summed E-state index contributed by atoms with van der Waals surface area (Å²) >= 11 is 3.60. The monoisotopic (exact) mass is 409 g/mol. The molecule has 4 heteroatoms. The number of aryl methyl sites for hydroxylation is 1. The predicted octanol–water partition coefficient (Wildman–Crippen LogP) is 5.17. The molecule has 0 radical (unpaired) electrons. The van der Waals surface area contributed by atoms with Gasteiger partial charge in [0.15, 0.2) is 6.61 Å². The van der Waals surface area contributed by atoms with Crippen molar-refractivity contribution in [1.29, 1.82) is 0 Å². The third-order valence-corrected chi connectivity index (χ3v) is 5.71. The van der Waals surface area contributed by atoms with Crippen molar-refractivity contribution in [1.82, 2.24) is 5.32 Å². The second kappa shape index (κ2) is 7.50. The van der Waals surface area contributed by atoms with E-state index in [2.05, 4.69) is 45.5 Å². The molecule has 132 valence electrons. The van der Waals surface area contributed by atoms with Gasteiger partial charge in [0.1, 0.15) is 5.75 Å². The first-order chi connectivity index (χ1) is 12.7. The average Bonchev–Trinajstić information content (AvgIpc) is 2.68. The standard InChI is InChI=1S/C22H20BrNO2/c23-22-18-10-4-2-7-16(18)12-13-20(22)26-14-21(25)24-19-11-5-8-15-6-1-3-9-17(15)19/h1-4,6-7,9-10,12-13,19H,5,8,11,14H2,(H,24,25). The molecule has 0 heterocycles. The smallest absolute Gasteiger partial charge is 0.258 e. The Morgan fingerprint density at radius 3 is 2.81 bits per heavy atom. The van der Waals surface area contributed by atoms with Crippen LogP contribution in [0.4, 0.5) is 0 Å². The molecule has 4 rings (SSSR count). The molecule has 1 unspecified atom stereocenters. The molecule has 0 saturated heterocycles. The minimum atomic E-state index is -0.0910. The van der Waals surface area contributed by atoms with Crippen molar-refractivity contribution in [2.24, 2.45) is 0 Å². The third-order valence-electron chi connectivity index (χ3n) is 4.89. The van der Waals surface area contributed by atoms with Crippen LogP contribution >= 0.6 is 15.9 Å². The summed E-state index contributed by atoms with van der Waals surface area (Å²) in [5.41, 5.74) is 2.57. The summed E-state index contributed by atoms with van der Waals surface area (Å²) in [5, 5.41) is 5.33. The van der Waals surface area contributed by atoms with E-state index in [-0.39, 0.29) is 18.6 Å². The van der Waals surface area contributed by atoms with Crippen molar-refractivity contribution in [3.63, 3.8) is 0 Å². The van der Waals surface area contributed by atoms with Crippen LogP contribution in [0, 0.1) is 0 Å². The Bertz CT molecular complexity index is 954. The molecule has 1 amide bonds. The van der Waals surface area contributed by atoms with Crippen LogP contribution in [0.15, 0.2) is 65.1 Å². The molecule has 1 aliphatic carbocycles. The van der Waals surface area contributed by atoms with Crippen molar-refractivity contribution >= 4 is 32.6 Å². The number of carbonyl (C=O) groups excluding carboxylic acids is 1. The minimum Gasteiger partial charge on any atom is -0.483 e. The van der Waals surface area contributed by atoms with E-state index in [4.69, 9.17) is 4.74 Å². The fourth-order valence-electron chi connectivity index (χ4n) is 3.61. The summed E-state index contributed by atoms with van der Waals surface area (Å²) in [6.45, 7) is 0.00953. The maximum Gasteiger partial charge on any atom is 0.258 e. The number of benzene rings is 3. The van der Waals surface area contributed by atoms with E-state index in [9.17, 15) is 4.79 Å². The Balaban J connectivity index is 1.43. The lowest BCUT2D eigenvalue weighted by atomic mass is 9.88. The first-order valence-electron chi connectivity index (χ1n) is 8.89. The number of halogens is 1. The topological polar surface area (TPSA) is 38.3 Å². The summed E-state index contributed by atoms with van der Waals surface area (Å²) in [4.78, 5) is 12.4. The van der Waals surface area contributed by atoms with Crippen LogP contribution in [0.1, 0.15) is 30.0 Å². The van der Waals surface area contributed by atoms with Gasteiger partial charge in [-0.15, -0.1) is 0 Å². The van der Waals surface area contributed by atoms with Crippen LogP contribution in [0.3, 0.4) is 0 Å². The molecule has 0 spiro atoms. The molecule has 0 fully saturated rings. The number of ether oxygens (including phenoxy) is 1. The van der Waals surface area contributed by atoms with E-state index in [1.165, 1.54) is 11.1 Å². The van der Waals surface area contributed by atoms with E-state index in [1.54, 1.807) is 0 Å². The highest BCUT2D eigenvalue weighted by Crippen LogP contribution is 2.33. The van der Waals surface area contributed by atoms with Gasteiger partial charge in [-0.05, 0) is 63.2 Å². The fourth-order valence-corrected chi connectivity index (χ4v) is 4.22. The first kappa shape index (κ1) is 17.1. The van der Waals surface area contributed by atoms with Crippen molar-refractivity contribution in [2.45, 2.75) is 25.3 Å². The zero-order valence-electron chi connectivity index (χ0n) is 14.4. The van der Waals surface area contributed by atoms with Crippen LogP contribution < -0.4 is 10.1 Å². The number of nitrogens with one attached hydrogen (secondary N) is 1. The van der Waals surface area contributed by atoms with Crippen molar-refractivity contribution in [2.75, 3.05) is 6.61 Å². The van der Waals surface area contributed by atoms with E-state index in [1.807, 2.05) is 36.4 Å². The highest BCUT2D eigenvalue weighted by Gasteiger charge is 2.21. The van der Waals surface area contributed by atoms with E-state index < -0.39 is 0 Å². The van der Waals surface area contributed by atoms with Crippen molar-refractivity contribution < 1.29 is 9.53 Å². The van der Waals surface area contributed by atoms with E-state index in [0.29, 0.717) is 5.75 Å². The first-order valence-corrected chi connectivity index (χ1v) is 9.69. The summed E-state index contributed by atoms with van der Waals surface area (Å²) in [7, 11) is 0. The van der Waals surface area contributed by atoms with Gasteiger partial charge in [-0.2, -0.15) is 0 Å². The van der Waals surface area contributed by atoms with Crippen LogP contribution in [0.25, 0.3) is 10.8 Å². The zero-order chi connectivity index (χ0) is 17.9. The number of rotatable bonds is 4. The van der Waals surface area contributed by atoms with Crippen LogP contribution in [-0.2, 0) is 11.2 Å².